The van der Waals surface area contributed by atoms with E-state index in [1.54, 1.807) is 0 Å². The van der Waals surface area contributed by atoms with Gasteiger partial charge in [0.1, 0.15) is 18.1 Å². The molecule has 7 rings (SSSR count). The van der Waals surface area contributed by atoms with Gasteiger partial charge in [0.25, 0.3) is 5.24 Å². The minimum Gasteiger partial charge on any atom is -0.489 e. The summed E-state index contributed by atoms with van der Waals surface area (Å²) in [7, 11) is 0. The van der Waals surface area contributed by atoms with Gasteiger partial charge in [0, 0.05) is 12.0 Å². The zero-order valence-electron chi connectivity index (χ0n) is 21.0. The van der Waals surface area contributed by atoms with E-state index in [-0.39, 0.29) is 11.3 Å². The average Bonchev–Trinajstić information content (AvgIpc) is 3.56. The van der Waals surface area contributed by atoms with Crippen LogP contribution >= 0.6 is 11.8 Å². The van der Waals surface area contributed by atoms with Crippen molar-refractivity contribution in [2.24, 2.45) is 5.10 Å². The molecule has 1 fully saturated rings. The second-order valence-electron chi connectivity index (χ2n) is 9.63. The summed E-state index contributed by atoms with van der Waals surface area (Å²) in [4.78, 5) is 13.7. The van der Waals surface area contributed by atoms with Crippen LogP contribution in [-0.4, -0.2) is 21.8 Å². The number of rotatable bonds is 5. The van der Waals surface area contributed by atoms with E-state index in [0.717, 1.165) is 56.1 Å². The Morgan fingerprint density at radius 1 is 0.974 bits per heavy atom. The summed E-state index contributed by atoms with van der Waals surface area (Å²) in [6.45, 7) is 0.478. The summed E-state index contributed by atoms with van der Waals surface area (Å²) in [5, 5.41) is 9.91. The summed E-state index contributed by atoms with van der Waals surface area (Å²) in [6, 6.07) is 36.0. The monoisotopic (exact) mass is 531 g/mol. The topological polar surface area (TPSA) is 63.2 Å². The number of benzene rings is 4. The van der Waals surface area contributed by atoms with E-state index in [2.05, 4.69) is 23.5 Å². The normalized spacial score (nSPS) is 22.2. The number of para-hydroxylation sites is 1. The van der Waals surface area contributed by atoms with Crippen molar-refractivity contribution < 1.29 is 14.3 Å². The zero-order valence-corrected chi connectivity index (χ0v) is 21.8. The van der Waals surface area contributed by atoms with E-state index in [4.69, 9.17) is 14.6 Å². The first-order valence-corrected chi connectivity index (χ1v) is 13.7. The molecule has 39 heavy (non-hydrogen) atoms. The number of carbonyl (C=O) groups is 1. The zero-order chi connectivity index (χ0) is 26.2. The molecule has 3 aliphatic rings. The predicted molar refractivity (Wildman–Crippen MR) is 153 cm³/mol. The number of amides is 1. The number of ether oxygens (including phenoxy) is 2. The van der Waals surface area contributed by atoms with Crippen molar-refractivity contribution in [1.82, 2.24) is 10.3 Å². The highest BCUT2D eigenvalue weighted by atomic mass is 32.2. The third-order valence-corrected chi connectivity index (χ3v) is 7.99. The molecule has 1 saturated heterocycles. The van der Waals surface area contributed by atoms with Crippen molar-refractivity contribution in [1.29, 1.82) is 0 Å². The minimum atomic E-state index is -1.24. The van der Waals surface area contributed by atoms with Crippen LogP contribution in [0.25, 0.3) is 6.08 Å². The lowest BCUT2D eigenvalue weighted by Crippen LogP contribution is -2.61. The first-order chi connectivity index (χ1) is 19.2. The van der Waals surface area contributed by atoms with Gasteiger partial charge in [0.05, 0.1) is 16.7 Å². The van der Waals surface area contributed by atoms with Crippen LogP contribution in [0.5, 0.6) is 11.5 Å². The smallest absolute Gasteiger partial charge is 0.314 e. The number of thioether (sulfide) groups is 1. The van der Waals surface area contributed by atoms with Gasteiger partial charge in [-0.2, -0.15) is 5.10 Å². The predicted octanol–water partition coefficient (Wildman–Crippen LogP) is 6.96. The van der Waals surface area contributed by atoms with Crippen LogP contribution in [0.4, 0.5) is 4.79 Å². The Hall–Kier alpha value is -4.49. The van der Waals surface area contributed by atoms with Crippen molar-refractivity contribution >= 4 is 28.8 Å². The van der Waals surface area contributed by atoms with Gasteiger partial charge in [-0.3, -0.25) is 10.1 Å². The second-order valence-corrected chi connectivity index (χ2v) is 10.6. The van der Waals surface area contributed by atoms with Gasteiger partial charge in [-0.1, -0.05) is 91.0 Å². The summed E-state index contributed by atoms with van der Waals surface area (Å²) in [5.41, 5.74) is 5.08. The maximum absolute atomic E-state index is 12.9. The quantitative estimate of drug-likeness (QED) is 0.302. The maximum atomic E-state index is 12.9. The fraction of sp³-hybridized carbons (Fsp3) is 0.125. The molecule has 2 atom stereocenters. The van der Waals surface area contributed by atoms with Gasteiger partial charge in [-0.25, -0.2) is 5.01 Å². The number of nitrogens with zero attached hydrogens (tertiary/aromatic N) is 2. The Morgan fingerprint density at radius 2 is 1.74 bits per heavy atom. The number of carbonyl (C=O) groups excluding carboxylic acids is 1. The third-order valence-electron chi connectivity index (χ3n) is 7.09. The molecule has 192 valence electrons. The second kappa shape index (κ2) is 9.67. The fourth-order valence-electron chi connectivity index (χ4n) is 5.26. The van der Waals surface area contributed by atoms with Crippen LogP contribution in [0.15, 0.2) is 119 Å². The molecular formula is C32H25N3O3S. The van der Waals surface area contributed by atoms with Crippen LogP contribution in [0, 0.1) is 0 Å². The molecule has 7 heteroatoms. The van der Waals surface area contributed by atoms with Crippen LogP contribution in [0.3, 0.4) is 0 Å². The molecule has 1 spiro atoms. The third kappa shape index (κ3) is 4.34. The molecular weight excluding hydrogens is 506 g/mol. The largest absolute Gasteiger partial charge is 0.489 e. The Bertz CT molecular complexity index is 1610. The standard InChI is InChI=1S/C32H25N3O3S/c36-31-33-32(30(39-31)19-23-12-9-15-25(18-23)37-21-22-10-3-1-4-11-22)35-28(26-16-7-8-17-29(26)38-32)20-27(34-35)24-13-5-2-6-14-24/h1-19,28H,20-21H2,(H,33,36). The first-order valence-electron chi connectivity index (χ1n) is 12.9. The Kier molecular flexibility index (Phi) is 5.86. The Morgan fingerprint density at radius 3 is 2.59 bits per heavy atom. The lowest BCUT2D eigenvalue weighted by Gasteiger charge is -2.45. The molecule has 0 aliphatic carbocycles. The molecule has 0 saturated carbocycles. The lowest BCUT2D eigenvalue weighted by molar-refractivity contribution is -0.0949. The highest BCUT2D eigenvalue weighted by molar-refractivity contribution is 8.17. The molecule has 4 aromatic carbocycles. The molecule has 1 N–H and O–H groups in total. The van der Waals surface area contributed by atoms with Gasteiger partial charge in [0.2, 0.25) is 0 Å². The van der Waals surface area contributed by atoms with E-state index in [1.165, 1.54) is 0 Å². The van der Waals surface area contributed by atoms with Crippen LogP contribution < -0.4 is 14.8 Å². The molecule has 4 aromatic rings. The van der Waals surface area contributed by atoms with E-state index < -0.39 is 5.85 Å². The molecule has 0 aromatic heterocycles. The van der Waals surface area contributed by atoms with Crippen molar-refractivity contribution in [3.8, 4) is 11.5 Å². The first kappa shape index (κ1) is 23.6. The number of hydrogen-bond donors (Lipinski definition) is 1. The van der Waals surface area contributed by atoms with Gasteiger partial charge in [0.15, 0.2) is 0 Å². The molecule has 2 unspecified atom stereocenters. The van der Waals surface area contributed by atoms with Gasteiger partial charge in [-0.05, 0) is 52.7 Å². The number of hydrogen-bond acceptors (Lipinski definition) is 6. The van der Waals surface area contributed by atoms with Gasteiger partial charge >= 0.3 is 5.85 Å². The maximum Gasteiger partial charge on any atom is 0.314 e. The highest BCUT2D eigenvalue weighted by Gasteiger charge is 2.58. The van der Waals surface area contributed by atoms with E-state index >= 15 is 0 Å². The van der Waals surface area contributed by atoms with Crippen LogP contribution in [-0.2, 0) is 6.61 Å². The number of hydrazone groups is 1. The number of nitrogens with one attached hydrogen (secondary N) is 1. The van der Waals surface area contributed by atoms with Crippen molar-refractivity contribution in [3.05, 3.63) is 136 Å². The SMILES string of the molecule is O=C1NC2(Oc3ccccc3C3CC(c4ccccc4)=NN32)C(=Cc2cccc(OCc3ccccc3)c2)S1. The Labute approximate surface area is 231 Å². The number of fused-ring (bicyclic) bond motifs is 4. The van der Waals surface area contributed by atoms with E-state index in [9.17, 15) is 4.79 Å². The summed E-state index contributed by atoms with van der Waals surface area (Å²) in [6.07, 6.45) is 2.70. The van der Waals surface area contributed by atoms with E-state index in [0.29, 0.717) is 13.0 Å². The average molecular weight is 532 g/mol. The minimum absolute atomic E-state index is 0.0758. The molecule has 1 amide bonds. The molecule has 3 aliphatic heterocycles. The molecule has 0 radical (unpaired) electrons. The summed E-state index contributed by atoms with van der Waals surface area (Å²) >= 11 is 1.14. The molecule has 0 bridgehead atoms. The van der Waals surface area contributed by atoms with Gasteiger partial charge in [-0.15, -0.1) is 0 Å². The van der Waals surface area contributed by atoms with Crippen molar-refractivity contribution in [3.63, 3.8) is 0 Å². The Balaban J connectivity index is 1.26. The van der Waals surface area contributed by atoms with E-state index in [1.807, 2.05) is 102 Å². The summed E-state index contributed by atoms with van der Waals surface area (Å²) < 4.78 is 12.7. The van der Waals surface area contributed by atoms with Crippen LogP contribution in [0.2, 0.25) is 0 Å². The molecule has 6 nitrogen and oxygen atoms in total. The van der Waals surface area contributed by atoms with Crippen molar-refractivity contribution in [2.45, 2.75) is 24.9 Å². The van der Waals surface area contributed by atoms with Gasteiger partial charge < -0.3 is 9.47 Å². The fourth-order valence-corrected chi connectivity index (χ4v) is 6.17. The summed E-state index contributed by atoms with van der Waals surface area (Å²) in [5.74, 6) is 0.262. The van der Waals surface area contributed by atoms with Crippen molar-refractivity contribution in [2.75, 3.05) is 0 Å². The van der Waals surface area contributed by atoms with Crippen LogP contribution in [0.1, 0.15) is 34.7 Å². The highest BCUT2D eigenvalue weighted by Crippen LogP contribution is 2.52. The lowest BCUT2D eigenvalue weighted by atomic mass is 9.95. The molecule has 3 heterocycles.